The third-order valence-electron chi connectivity index (χ3n) is 6.40. The summed E-state index contributed by atoms with van der Waals surface area (Å²) in [7, 11) is 0. The number of carbonyl (C=O) groups is 2. The van der Waals surface area contributed by atoms with Crippen molar-refractivity contribution in [1.29, 1.82) is 0 Å². The fourth-order valence-electron chi connectivity index (χ4n) is 4.60. The molecule has 0 aliphatic heterocycles. The molecular weight excluding hydrogens is 474 g/mol. The standard InChI is InChI=1S/C33H33NO4/c1-4-8-31(25-14-12-24(13-15-25)21-23(2)3)38-27-18-16-26(17-19-27)33(37)29-22-34(20-7-11-32(35)36)30-10-6-5-9-28(29)30/h5-6,9-10,12-19,22-23,31H,7,11,20-21H2,1-3H3,(H,35,36). The van der Waals surface area contributed by atoms with Gasteiger partial charge < -0.3 is 14.4 Å². The molecule has 3 aromatic carbocycles. The van der Waals surface area contributed by atoms with E-state index in [1.165, 1.54) is 5.56 Å². The van der Waals surface area contributed by atoms with Gasteiger partial charge in [-0.3, -0.25) is 9.59 Å². The van der Waals surface area contributed by atoms with Crippen LogP contribution < -0.4 is 4.74 Å². The summed E-state index contributed by atoms with van der Waals surface area (Å²) in [5, 5.41) is 9.83. The Morgan fingerprint density at radius 3 is 2.34 bits per heavy atom. The van der Waals surface area contributed by atoms with Gasteiger partial charge in [0, 0.05) is 46.8 Å². The average Bonchev–Trinajstić information content (AvgIpc) is 3.27. The summed E-state index contributed by atoms with van der Waals surface area (Å²) >= 11 is 0. The molecule has 0 bridgehead atoms. The van der Waals surface area contributed by atoms with Gasteiger partial charge >= 0.3 is 5.97 Å². The number of ketones is 1. The van der Waals surface area contributed by atoms with Crippen molar-refractivity contribution >= 4 is 22.7 Å². The SMILES string of the molecule is CC#CC(Oc1ccc(C(=O)c2cn(CCCC(=O)O)c3ccccc23)cc1)c1ccc(CC(C)C)cc1. The minimum Gasteiger partial charge on any atom is -0.481 e. The summed E-state index contributed by atoms with van der Waals surface area (Å²) in [5.41, 5.74) is 4.35. The molecule has 0 aliphatic rings. The number of aliphatic carboxylic acids is 1. The summed E-state index contributed by atoms with van der Waals surface area (Å²) < 4.78 is 8.17. The van der Waals surface area contributed by atoms with Crippen molar-refractivity contribution in [2.75, 3.05) is 0 Å². The summed E-state index contributed by atoms with van der Waals surface area (Å²) in [6.45, 7) is 6.74. The van der Waals surface area contributed by atoms with Crippen molar-refractivity contribution < 1.29 is 19.4 Å². The summed E-state index contributed by atoms with van der Waals surface area (Å²) in [6.07, 6.45) is 3.04. The molecule has 0 amide bonds. The van der Waals surface area contributed by atoms with E-state index in [0.29, 0.717) is 35.8 Å². The van der Waals surface area contributed by atoms with Gasteiger partial charge in [0.15, 0.2) is 11.9 Å². The Bertz CT molecular complexity index is 1470. The van der Waals surface area contributed by atoms with Crippen LogP contribution in [-0.2, 0) is 17.8 Å². The molecule has 0 spiro atoms. The van der Waals surface area contributed by atoms with Gasteiger partial charge in [0.05, 0.1) is 0 Å². The van der Waals surface area contributed by atoms with Gasteiger partial charge in [-0.25, -0.2) is 0 Å². The summed E-state index contributed by atoms with van der Waals surface area (Å²) in [6, 6.07) is 23.2. The van der Waals surface area contributed by atoms with Gasteiger partial charge in [-0.2, -0.15) is 0 Å². The van der Waals surface area contributed by atoms with Crippen LogP contribution in [0.4, 0.5) is 0 Å². The molecule has 1 heterocycles. The van der Waals surface area contributed by atoms with Crippen LogP contribution in [0.3, 0.4) is 0 Å². The minimum atomic E-state index is -0.824. The number of hydrogen-bond acceptors (Lipinski definition) is 3. The smallest absolute Gasteiger partial charge is 0.303 e. The van der Waals surface area contributed by atoms with Crippen molar-refractivity contribution in [3.63, 3.8) is 0 Å². The van der Waals surface area contributed by atoms with Gasteiger partial charge in [-0.1, -0.05) is 62.2 Å². The lowest BCUT2D eigenvalue weighted by atomic mass is 10.00. The highest BCUT2D eigenvalue weighted by atomic mass is 16.5. The number of nitrogens with zero attached hydrogens (tertiary/aromatic N) is 1. The van der Waals surface area contributed by atoms with Crippen molar-refractivity contribution in [3.8, 4) is 17.6 Å². The van der Waals surface area contributed by atoms with Crippen LogP contribution >= 0.6 is 0 Å². The van der Waals surface area contributed by atoms with Crippen LogP contribution in [0, 0.1) is 17.8 Å². The highest BCUT2D eigenvalue weighted by Gasteiger charge is 2.18. The van der Waals surface area contributed by atoms with E-state index in [2.05, 4.69) is 50.0 Å². The van der Waals surface area contributed by atoms with Gasteiger partial charge in [-0.15, -0.1) is 5.92 Å². The van der Waals surface area contributed by atoms with E-state index in [4.69, 9.17) is 9.84 Å². The van der Waals surface area contributed by atoms with Crippen molar-refractivity contribution in [3.05, 3.63) is 101 Å². The molecule has 1 unspecified atom stereocenters. The van der Waals surface area contributed by atoms with Crippen LogP contribution in [0.1, 0.15) is 66.8 Å². The van der Waals surface area contributed by atoms with Crippen molar-refractivity contribution in [2.24, 2.45) is 5.92 Å². The Morgan fingerprint density at radius 2 is 1.68 bits per heavy atom. The largest absolute Gasteiger partial charge is 0.481 e. The van der Waals surface area contributed by atoms with Crippen LogP contribution in [-0.4, -0.2) is 21.4 Å². The van der Waals surface area contributed by atoms with Gasteiger partial charge in [0.1, 0.15) is 5.75 Å². The zero-order valence-electron chi connectivity index (χ0n) is 22.1. The van der Waals surface area contributed by atoms with E-state index >= 15 is 0 Å². The maximum Gasteiger partial charge on any atom is 0.303 e. The zero-order chi connectivity index (χ0) is 27.1. The molecule has 1 atom stereocenters. The predicted octanol–water partition coefficient (Wildman–Crippen LogP) is 7.08. The van der Waals surface area contributed by atoms with Gasteiger partial charge in [-0.05, 0) is 61.6 Å². The third kappa shape index (κ3) is 6.52. The predicted molar refractivity (Wildman–Crippen MR) is 150 cm³/mol. The van der Waals surface area contributed by atoms with Crippen LogP contribution in [0.2, 0.25) is 0 Å². The fraction of sp³-hybridized carbons (Fsp3) is 0.273. The molecule has 0 aliphatic carbocycles. The Hall–Kier alpha value is -4.30. The fourth-order valence-corrected chi connectivity index (χ4v) is 4.60. The first-order valence-corrected chi connectivity index (χ1v) is 13.0. The van der Waals surface area contributed by atoms with E-state index in [-0.39, 0.29) is 12.2 Å². The van der Waals surface area contributed by atoms with Crippen LogP contribution in [0.5, 0.6) is 5.75 Å². The zero-order valence-corrected chi connectivity index (χ0v) is 22.1. The Kier molecular flexibility index (Phi) is 8.66. The molecule has 4 rings (SSSR count). The minimum absolute atomic E-state index is 0.0861. The molecule has 0 saturated carbocycles. The molecule has 4 aromatic rings. The molecule has 0 fully saturated rings. The van der Waals surface area contributed by atoms with E-state index in [9.17, 15) is 9.59 Å². The Labute approximate surface area is 224 Å². The molecule has 5 heteroatoms. The lowest BCUT2D eigenvalue weighted by Crippen LogP contribution is -2.06. The molecule has 5 nitrogen and oxygen atoms in total. The number of fused-ring (bicyclic) bond motifs is 1. The van der Waals surface area contributed by atoms with E-state index in [0.717, 1.165) is 22.9 Å². The third-order valence-corrected chi connectivity index (χ3v) is 6.40. The number of para-hydroxylation sites is 1. The topological polar surface area (TPSA) is 68.5 Å². The van der Waals surface area contributed by atoms with E-state index in [1.54, 1.807) is 31.2 Å². The first-order chi connectivity index (χ1) is 18.4. The molecular formula is C33H33NO4. The Morgan fingerprint density at radius 1 is 0.974 bits per heavy atom. The van der Waals surface area contributed by atoms with Crippen LogP contribution in [0.25, 0.3) is 10.9 Å². The number of rotatable bonds is 11. The lowest BCUT2D eigenvalue weighted by Gasteiger charge is -2.15. The average molecular weight is 508 g/mol. The number of benzene rings is 3. The maximum absolute atomic E-state index is 13.5. The number of aromatic nitrogens is 1. The first kappa shape index (κ1) is 26.8. The number of hydrogen-bond donors (Lipinski definition) is 1. The second-order valence-corrected chi connectivity index (χ2v) is 9.84. The quantitative estimate of drug-likeness (QED) is 0.174. The molecule has 194 valence electrons. The monoisotopic (exact) mass is 507 g/mol. The number of aryl methyl sites for hydroxylation is 1. The van der Waals surface area contributed by atoms with Gasteiger partial charge in [0.2, 0.25) is 0 Å². The number of carboxylic acid groups (broad SMARTS) is 1. The van der Waals surface area contributed by atoms with Crippen molar-refractivity contribution in [2.45, 2.75) is 52.7 Å². The highest BCUT2D eigenvalue weighted by Crippen LogP contribution is 2.27. The number of ether oxygens (including phenoxy) is 1. The molecule has 0 saturated heterocycles. The second kappa shape index (κ2) is 12.3. The van der Waals surface area contributed by atoms with E-state index in [1.807, 2.05) is 35.0 Å². The van der Waals surface area contributed by atoms with Crippen LogP contribution in [0.15, 0.2) is 79.0 Å². The first-order valence-electron chi connectivity index (χ1n) is 13.0. The molecule has 1 N–H and O–H groups in total. The van der Waals surface area contributed by atoms with Gasteiger partial charge in [0.25, 0.3) is 0 Å². The summed E-state index contributed by atoms with van der Waals surface area (Å²) in [4.78, 5) is 24.4. The maximum atomic E-state index is 13.5. The highest BCUT2D eigenvalue weighted by molar-refractivity contribution is 6.16. The normalized spacial score (nSPS) is 11.7. The van der Waals surface area contributed by atoms with Crippen molar-refractivity contribution in [1.82, 2.24) is 4.57 Å². The number of carbonyl (C=O) groups excluding carboxylic acids is 1. The van der Waals surface area contributed by atoms with E-state index < -0.39 is 12.1 Å². The summed E-state index contributed by atoms with van der Waals surface area (Å²) in [5.74, 6) is 6.42. The number of carboxylic acids is 1. The molecule has 1 aromatic heterocycles. The Balaban J connectivity index is 1.51. The second-order valence-electron chi connectivity index (χ2n) is 9.84. The molecule has 38 heavy (non-hydrogen) atoms. The molecule has 0 radical (unpaired) electrons. The lowest BCUT2D eigenvalue weighted by molar-refractivity contribution is -0.137.